The van der Waals surface area contributed by atoms with E-state index in [0.29, 0.717) is 13.0 Å². The van der Waals surface area contributed by atoms with Crippen LogP contribution in [0.15, 0.2) is 12.3 Å². The first kappa shape index (κ1) is 17.1. The first-order chi connectivity index (χ1) is 11.6. The number of aromatic nitrogens is 4. The minimum Gasteiger partial charge on any atom is -0.394 e. The summed E-state index contributed by atoms with van der Waals surface area (Å²) >= 11 is 0. The van der Waals surface area contributed by atoms with Crippen molar-refractivity contribution >= 4 is 0 Å². The molecule has 0 aliphatic carbocycles. The molecule has 0 saturated heterocycles. The number of hydrogen-bond acceptors (Lipinski definition) is 5. The van der Waals surface area contributed by atoms with Crippen LogP contribution in [0.2, 0.25) is 0 Å². The van der Waals surface area contributed by atoms with E-state index in [1.165, 1.54) is 5.56 Å². The summed E-state index contributed by atoms with van der Waals surface area (Å²) in [5.41, 5.74) is 4.16. The van der Waals surface area contributed by atoms with Crippen LogP contribution in [0.3, 0.4) is 0 Å². The van der Waals surface area contributed by atoms with E-state index in [9.17, 15) is 5.11 Å². The van der Waals surface area contributed by atoms with Crippen LogP contribution in [0.1, 0.15) is 48.5 Å². The van der Waals surface area contributed by atoms with E-state index in [-0.39, 0.29) is 6.61 Å². The van der Waals surface area contributed by atoms with Gasteiger partial charge in [0.1, 0.15) is 0 Å². The third-order valence-electron chi connectivity index (χ3n) is 4.61. The lowest BCUT2D eigenvalue weighted by atomic mass is 10.2. The molecule has 3 heterocycles. The van der Waals surface area contributed by atoms with Gasteiger partial charge in [-0.3, -0.25) is 14.3 Å². The van der Waals surface area contributed by atoms with E-state index in [2.05, 4.69) is 15.1 Å². The molecule has 24 heavy (non-hydrogen) atoms. The van der Waals surface area contributed by atoms with Crippen molar-refractivity contribution in [2.45, 2.75) is 59.0 Å². The van der Waals surface area contributed by atoms with E-state index >= 15 is 0 Å². The molecule has 1 aliphatic heterocycles. The average Bonchev–Trinajstić information content (AvgIpc) is 3.05. The average molecular weight is 333 g/mol. The van der Waals surface area contributed by atoms with Gasteiger partial charge in [-0.25, -0.2) is 0 Å². The molecule has 0 aromatic carbocycles. The predicted octanol–water partition coefficient (Wildman–Crippen LogP) is 1.23. The standard InChI is InChI=1S/C17H27N5O2/c1-3-17(24)16-9-15-12-20(5-4-6-22(15)19-16)10-14-11-21(7-8-23)18-13(14)2/h9,11,17,23-24H,3-8,10,12H2,1-2H3/t17-/m1/s1. The lowest BCUT2D eigenvalue weighted by molar-refractivity contribution is 0.167. The quantitative estimate of drug-likeness (QED) is 0.831. The fraction of sp³-hybridized carbons (Fsp3) is 0.647. The molecule has 2 aromatic heterocycles. The highest BCUT2D eigenvalue weighted by Gasteiger charge is 2.20. The van der Waals surface area contributed by atoms with Gasteiger partial charge in [0.15, 0.2) is 0 Å². The second-order valence-electron chi connectivity index (χ2n) is 6.50. The fourth-order valence-electron chi connectivity index (χ4n) is 3.23. The van der Waals surface area contributed by atoms with Crippen LogP contribution in [0.25, 0.3) is 0 Å². The maximum absolute atomic E-state index is 10.0. The van der Waals surface area contributed by atoms with Gasteiger partial charge in [-0.1, -0.05) is 6.92 Å². The van der Waals surface area contributed by atoms with Crippen LogP contribution in [0.5, 0.6) is 0 Å². The minimum atomic E-state index is -0.475. The molecule has 0 bridgehead atoms. The molecule has 2 aromatic rings. The van der Waals surface area contributed by atoms with Gasteiger partial charge in [0.05, 0.1) is 36.3 Å². The Kier molecular flexibility index (Phi) is 5.33. The summed E-state index contributed by atoms with van der Waals surface area (Å²) in [6.07, 6.45) is 3.28. The van der Waals surface area contributed by atoms with Gasteiger partial charge in [-0.05, 0) is 25.8 Å². The van der Waals surface area contributed by atoms with Gasteiger partial charge in [0.2, 0.25) is 0 Å². The van der Waals surface area contributed by atoms with Crippen molar-refractivity contribution in [3.63, 3.8) is 0 Å². The largest absolute Gasteiger partial charge is 0.394 e. The molecule has 1 aliphatic rings. The van der Waals surface area contributed by atoms with E-state index in [0.717, 1.165) is 49.7 Å². The van der Waals surface area contributed by atoms with Gasteiger partial charge >= 0.3 is 0 Å². The second-order valence-corrected chi connectivity index (χ2v) is 6.50. The molecule has 7 heteroatoms. The van der Waals surface area contributed by atoms with E-state index in [4.69, 9.17) is 5.11 Å². The van der Waals surface area contributed by atoms with E-state index < -0.39 is 6.10 Å². The Morgan fingerprint density at radius 3 is 2.88 bits per heavy atom. The maximum atomic E-state index is 10.0. The Morgan fingerprint density at radius 1 is 1.29 bits per heavy atom. The van der Waals surface area contributed by atoms with Crippen LogP contribution in [-0.2, 0) is 26.2 Å². The van der Waals surface area contributed by atoms with E-state index in [1.54, 1.807) is 0 Å². The van der Waals surface area contributed by atoms with Crippen LogP contribution in [0, 0.1) is 6.92 Å². The highest BCUT2D eigenvalue weighted by atomic mass is 16.3. The highest BCUT2D eigenvalue weighted by molar-refractivity contribution is 5.17. The second kappa shape index (κ2) is 7.46. The van der Waals surface area contributed by atoms with Crippen molar-refractivity contribution in [2.75, 3.05) is 13.2 Å². The summed E-state index contributed by atoms with van der Waals surface area (Å²) in [5.74, 6) is 0. The molecule has 3 rings (SSSR count). The molecule has 0 fully saturated rings. The number of nitrogens with zero attached hydrogens (tertiary/aromatic N) is 5. The predicted molar refractivity (Wildman–Crippen MR) is 90.3 cm³/mol. The zero-order valence-corrected chi connectivity index (χ0v) is 14.5. The molecule has 132 valence electrons. The Labute approximate surface area is 142 Å². The van der Waals surface area contributed by atoms with Crippen molar-refractivity contribution in [3.05, 3.63) is 34.9 Å². The number of aliphatic hydroxyl groups is 2. The maximum Gasteiger partial charge on any atom is 0.0975 e. The SMILES string of the molecule is CC[C@@H](O)c1cc2n(n1)CCCN(Cc1cn(CCO)nc1C)C2. The number of hydrogen-bond donors (Lipinski definition) is 2. The smallest absolute Gasteiger partial charge is 0.0975 e. The molecule has 2 N–H and O–H groups in total. The molecule has 0 unspecified atom stereocenters. The Morgan fingerprint density at radius 2 is 2.12 bits per heavy atom. The fourth-order valence-corrected chi connectivity index (χ4v) is 3.23. The van der Waals surface area contributed by atoms with Crippen LogP contribution >= 0.6 is 0 Å². The first-order valence-electron chi connectivity index (χ1n) is 8.71. The summed E-state index contributed by atoms with van der Waals surface area (Å²) in [5, 5.41) is 28.1. The molecule has 0 radical (unpaired) electrons. The van der Waals surface area contributed by atoms with Gasteiger partial charge < -0.3 is 10.2 Å². The van der Waals surface area contributed by atoms with Crippen molar-refractivity contribution in [1.29, 1.82) is 0 Å². The summed E-state index contributed by atoms with van der Waals surface area (Å²) < 4.78 is 3.85. The van der Waals surface area contributed by atoms with Crippen molar-refractivity contribution < 1.29 is 10.2 Å². The normalized spacial score (nSPS) is 16.8. The first-order valence-corrected chi connectivity index (χ1v) is 8.71. The summed E-state index contributed by atoms with van der Waals surface area (Å²) in [6.45, 7) is 8.19. The number of aliphatic hydroxyl groups excluding tert-OH is 2. The van der Waals surface area contributed by atoms with Gasteiger partial charge in [-0.2, -0.15) is 10.2 Å². The van der Waals surface area contributed by atoms with Crippen molar-refractivity contribution in [2.24, 2.45) is 0 Å². The Balaban J connectivity index is 1.72. The summed E-state index contributed by atoms with van der Waals surface area (Å²) in [4.78, 5) is 2.40. The Bertz CT molecular complexity index is 679. The molecule has 0 spiro atoms. The monoisotopic (exact) mass is 333 g/mol. The zero-order chi connectivity index (χ0) is 17.1. The van der Waals surface area contributed by atoms with Crippen molar-refractivity contribution in [1.82, 2.24) is 24.5 Å². The highest BCUT2D eigenvalue weighted by Crippen LogP contribution is 2.21. The van der Waals surface area contributed by atoms with Crippen LogP contribution in [-0.4, -0.2) is 47.8 Å². The van der Waals surface area contributed by atoms with Gasteiger partial charge in [0.25, 0.3) is 0 Å². The number of aryl methyl sites for hydroxylation is 2. The molecular weight excluding hydrogens is 306 g/mol. The topological polar surface area (TPSA) is 79.3 Å². The van der Waals surface area contributed by atoms with Crippen LogP contribution in [0.4, 0.5) is 0 Å². The van der Waals surface area contributed by atoms with Gasteiger partial charge in [-0.15, -0.1) is 0 Å². The molecule has 7 nitrogen and oxygen atoms in total. The lowest BCUT2D eigenvalue weighted by Gasteiger charge is -2.18. The van der Waals surface area contributed by atoms with E-state index in [1.807, 2.05) is 35.5 Å². The lowest BCUT2D eigenvalue weighted by Crippen LogP contribution is -2.23. The number of fused-ring (bicyclic) bond motifs is 1. The molecule has 0 amide bonds. The zero-order valence-electron chi connectivity index (χ0n) is 14.5. The third-order valence-corrected chi connectivity index (χ3v) is 4.61. The summed E-state index contributed by atoms with van der Waals surface area (Å²) in [6, 6.07) is 2.04. The number of rotatable bonds is 6. The molecule has 0 saturated carbocycles. The molecule has 1 atom stereocenters. The van der Waals surface area contributed by atoms with Crippen LogP contribution < -0.4 is 0 Å². The minimum absolute atomic E-state index is 0.103. The summed E-state index contributed by atoms with van der Waals surface area (Å²) in [7, 11) is 0. The van der Waals surface area contributed by atoms with Crippen molar-refractivity contribution in [3.8, 4) is 0 Å². The third kappa shape index (κ3) is 3.68. The molecular formula is C17H27N5O2. The van der Waals surface area contributed by atoms with Gasteiger partial charge in [0, 0.05) is 37.9 Å². The Hall–Kier alpha value is -1.70.